The van der Waals surface area contributed by atoms with E-state index in [1.807, 2.05) is 27.7 Å². The van der Waals surface area contributed by atoms with Crippen LogP contribution in [0.5, 0.6) is 0 Å². The van der Waals surface area contributed by atoms with Crippen LogP contribution in [0.1, 0.15) is 53.5 Å². The second kappa shape index (κ2) is 8.12. The fraction of sp³-hybridized carbons (Fsp3) is 0.474. The first kappa shape index (κ1) is 19.6. The minimum absolute atomic E-state index is 0.0250. The Balaban J connectivity index is 1.82. The lowest BCUT2D eigenvalue weighted by Crippen LogP contribution is -2.39. The Morgan fingerprint density at radius 1 is 1.12 bits per heavy atom. The van der Waals surface area contributed by atoms with Crippen LogP contribution >= 0.6 is 0 Å². The normalized spacial score (nSPS) is 14.4. The Morgan fingerprint density at radius 2 is 1.77 bits per heavy atom. The van der Waals surface area contributed by atoms with E-state index in [4.69, 9.17) is 4.74 Å². The van der Waals surface area contributed by atoms with Gasteiger partial charge in [0.15, 0.2) is 6.61 Å². The lowest BCUT2D eigenvalue weighted by Gasteiger charge is -2.17. The lowest BCUT2D eigenvalue weighted by atomic mass is 10.1. The van der Waals surface area contributed by atoms with Gasteiger partial charge in [-0.25, -0.2) is 0 Å². The summed E-state index contributed by atoms with van der Waals surface area (Å²) in [5, 5.41) is 2.73. The van der Waals surface area contributed by atoms with Gasteiger partial charge in [0, 0.05) is 12.6 Å². The molecule has 3 amide bonds. The molecule has 1 aliphatic rings. The average Bonchev–Trinajstić information content (AvgIpc) is 2.81. The Labute approximate surface area is 152 Å². The number of esters is 1. The quantitative estimate of drug-likeness (QED) is 0.590. The molecule has 1 atom stereocenters. The number of carbonyl (C=O) groups is 4. The third-order valence-electron chi connectivity index (χ3n) is 4.42. The lowest BCUT2D eigenvalue weighted by molar-refractivity contribution is -0.148. The maximum Gasteiger partial charge on any atom is 0.308 e. The zero-order valence-electron chi connectivity index (χ0n) is 15.5. The predicted molar refractivity (Wildman–Crippen MR) is 94.6 cm³/mol. The van der Waals surface area contributed by atoms with Crippen LogP contribution in [0, 0.1) is 12.8 Å². The smallest absolute Gasteiger partial charge is 0.308 e. The van der Waals surface area contributed by atoms with E-state index in [0.717, 1.165) is 10.5 Å². The van der Waals surface area contributed by atoms with Crippen LogP contribution in [0.4, 0.5) is 0 Å². The molecule has 1 heterocycles. The van der Waals surface area contributed by atoms with Crippen LogP contribution in [0.15, 0.2) is 18.2 Å². The Bertz CT molecular complexity index is 741. The second-order valence-corrected chi connectivity index (χ2v) is 6.82. The van der Waals surface area contributed by atoms with Crippen LogP contribution in [-0.4, -0.2) is 47.8 Å². The molecule has 0 radical (unpaired) electrons. The van der Waals surface area contributed by atoms with E-state index in [0.29, 0.717) is 11.1 Å². The van der Waals surface area contributed by atoms with Crippen molar-refractivity contribution in [2.75, 3.05) is 13.2 Å². The molecule has 0 aliphatic carbocycles. The number of nitrogens with zero attached hydrogens (tertiary/aromatic N) is 1. The zero-order valence-corrected chi connectivity index (χ0v) is 15.5. The fourth-order valence-corrected chi connectivity index (χ4v) is 2.49. The molecule has 0 saturated carbocycles. The summed E-state index contributed by atoms with van der Waals surface area (Å²) in [5.74, 6) is -1.57. The van der Waals surface area contributed by atoms with Crippen LogP contribution in [-0.2, 0) is 14.3 Å². The number of benzene rings is 1. The molecule has 140 valence electrons. The van der Waals surface area contributed by atoms with Crippen LogP contribution < -0.4 is 5.32 Å². The minimum Gasteiger partial charge on any atom is -0.456 e. The van der Waals surface area contributed by atoms with Gasteiger partial charge in [0.1, 0.15) is 0 Å². The number of aryl methyl sites for hydroxylation is 1. The molecule has 0 fully saturated rings. The summed E-state index contributed by atoms with van der Waals surface area (Å²) in [6.45, 7) is 7.20. The van der Waals surface area contributed by atoms with Gasteiger partial charge in [-0.1, -0.05) is 25.5 Å². The Hall–Kier alpha value is -2.70. The summed E-state index contributed by atoms with van der Waals surface area (Å²) in [4.78, 5) is 49.1. The monoisotopic (exact) mass is 360 g/mol. The first-order chi connectivity index (χ1) is 12.2. The molecule has 7 heteroatoms. The van der Waals surface area contributed by atoms with E-state index < -0.39 is 17.8 Å². The number of rotatable bonds is 7. The summed E-state index contributed by atoms with van der Waals surface area (Å²) >= 11 is 0. The highest BCUT2D eigenvalue weighted by atomic mass is 16.5. The molecule has 26 heavy (non-hydrogen) atoms. The van der Waals surface area contributed by atoms with Crippen molar-refractivity contribution in [1.29, 1.82) is 0 Å². The highest BCUT2D eigenvalue weighted by Gasteiger charge is 2.35. The molecule has 2 rings (SSSR count). The SMILES string of the molecule is Cc1ccc2c(c1)C(=O)N(CCC(=O)OCC(=O)NC(C)C(C)C)C2=O. The topological polar surface area (TPSA) is 92.8 Å². The van der Waals surface area contributed by atoms with Crippen LogP contribution in [0.3, 0.4) is 0 Å². The number of carbonyl (C=O) groups excluding carboxylic acids is 4. The van der Waals surface area contributed by atoms with Gasteiger partial charge in [0.25, 0.3) is 17.7 Å². The summed E-state index contributed by atoms with van der Waals surface area (Å²) in [7, 11) is 0. The van der Waals surface area contributed by atoms with E-state index >= 15 is 0 Å². The standard InChI is InChI=1S/C19H24N2O5/c1-11(2)13(4)20-16(22)10-26-17(23)7-8-21-18(24)14-6-5-12(3)9-15(14)19(21)25/h5-6,9,11,13H,7-8,10H2,1-4H3,(H,20,22). The summed E-state index contributed by atoms with van der Waals surface area (Å²) in [5.41, 5.74) is 1.58. The molecule has 1 N–H and O–H groups in total. The van der Waals surface area contributed by atoms with E-state index in [1.54, 1.807) is 18.2 Å². The number of ether oxygens (including phenoxy) is 1. The molecule has 1 aromatic rings. The van der Waals surface area contributed by atoms with Gasteiger partial charge in [-0.3, -0.25) is 24.1 Å². The maximum atomic E-state index is 12.3. The second-order valence-electron chi connectivity index (χ2n) is 6.82. The number of hydrogen-bond acceptors (Lipinski definition) is 5. The third-order valence-corrected chi connectivity index (χ3v) is 4.42. The first-order valence-corrected chi connectivity index (χ1v) is 8.62. The van der Waals surface area contributed by atoms with Gasteiger partial charge in [0.2, 0.25) is 0 Å². The van der Waals surface area contributed by atoms with E-state index in [9.17, 15) is 19.2 Å². The molecular weight excluding hydrogens is 336 g/mol. The molecule has 0 bridgehead atoms. The van der Waals surface area contributed by atoms with Crippen molar-refractivity contribution < 1.29 is 23.9 Å². The Morgan fingerprint density at radius 3 is 2.42 bits per heavy atom. The van der Waals surface area contributed by atoms with Crippen molar-refractivity contribution in [1.82, 2.24) is 10.2 Å². The van der Waals surface area contributed by atoms with E-state index in [1.165, 1.54) is 0 Å². The van der Waals surface area contributed by atoms with Gasteiger partial charge >= 0.3 is 5.97 Å². The van der Waals surface area contributed by atoms with Crippen molar-refractivity contribution in [3.8, 4) is 0 Å². The fourth-order valence-electron chi connectivity index (χ4n) is 2.49. The molecule has 0 spiro atoms. The molecular formula is C19H24N2O5. The maximum absolute atomic E-state index is 12.3. The van der Waals surface area contributed by atoms with Crippen molar-refractivity contribution >= 4 is 23.7 Å². The molecule has 1 aromatic carbocycles. The zero-order chi connectivity index (χ0) is 19.4. The van der Waals surface area contributed by atoms with Gasteiger partial charge in [-0.05, 0) is 31.9 Å². The molecule has 0 saturated heterocycles. The number of fused-ring (bicyclic) bond motifs is 1. The van der Waals surface area contributed by atoms with Crippen molar-refractivity contribution in [3.63, 3.8) is 0 Å². The number of hydrogen-bond donors (Lipinski definition) is 1. The van der Waals surface area contributed by atoms with Gasteiger partial charge in [-0.15, -0.1) is 0 Å². The van der Waals surface area contributed by atoms with Crippen LogP contribution in [0.25, 0.3) is 0 Å². The number of nitrogens with one attached hydrogen (secondary N) is 1. The molecule has 1 unspecified atom stereocenters. The minimum atomic E-state index is -0.634. The summed E-state index contributed by atoms with van der Waals surface area (Å²) < 4.78 is 4.91. The largest absolute Gasteiger partial charge is 0.456 e. The van der Waals surface area contributed by atoms with Crippen molar-refractivity contribution in [2.24, 2.45) is 5.92 Å². The van der Waals surface area contributed by atoms with Gasteiger partial charge < -0.3 is 10.1 Å². The van der Waals surface area contributed by atoms with Crippen molar-refractivity contribution in [3.05, 3.63) is 34.9 Å². The molecule has 1 aliphatic heterocycles. The third kappa shape index (κ3) is 4.47. The predicted octanol–water partition coefficient (Wildman–Crippen LogP) is 1.69. The van der Waals surface area contributed by atoms with E-state index in [-0.39, 0.29) is 37.4 Å². The molecule has 0 aromatic heterocycles. The summed E-state index contributed by atoms with van der Waals surface area (Å²) in [6, 6.07) is 5.01. The highest BCUT2D eigenvalue weighted by Crippen LogP contribution is 2.23. The summed E-state index contributed by atoms with van der Waals surface area (Å²) in [6.07, 6.45) is -0.155. The van der Waals surface area contributed by atoms with Gasteiger partial charge in [-0.2, -0.15) is 0 Å². The average molecular weight is 360 g/mol. The van der Waals surface area contributed by atoms with Crippen molar-refractivity contribution in [2.45, 2.75) is 40.2 Å². The number of imide groups is 1. The van der Waals surface area contributed by atoms with Gasteiger partial charge in [0.05, 0.1) is 17.5 Å². The first-order valence-electron chi connectivity index (χ1n) is 8.62. The van der Waals surface area contributed by atoms with E-state index in [2.05, 4.69) is 5.32 Å². The Kier molecular flexibility index (Phi) is 6.13. The highest BCUT2D eigenvalue weighted by molar-refractivity contribution is 6.21. The molecule has 7 nitrogen and oxygen atoms in total. The van der Waals surface area contributed by atoms with Crippen LogP contribution in [0.2, 0.25) is 0 Å². The number of amides is 3.